The summed E-state index contributed by atoms with van der Waals surface area (Å²) in [5.41, 5.74) is 1.15. The molecule has 11 heteroatoms. The number of nitrogens with one attached hydrogen (secondary N) is 1. The number of anilines is 1. The third kappa shape index (κ3) is 4.35. The SMILES string of the molecule is COc1ccc(C2CC(=C(F)F)C2)cc1S(=O)(=O)NC(=O)c1cc2c(F)cc(N(C)C)cc2o1. The number of furan rings is 1. The van der Waals surface area contributed by atoms with Crippen molar-refractivity contribution in [1.82, 2.24) is 4.72 Å². The summed E-state index contributed by atoms with van der Waals surface area (Å²) in [4.78, 5) is 14.0. The van der Waals surface area contributed by atoms with E-state index < -0.39 is 33.6 Å². The summed E-state index contributed by atoms with van der Waals surface area (Å²) in [6.07, 6.45) is -1.47. The minimum absolute atomic E-state index is 0.0258. The molecule has 34 heavy (non-hydrogen) atoms. The molecule has 4 rings (SSSR count). The molecule has 0 radical (unpaired) electrons. The lowest BCUT2D eigenvalue weighted by atomic mass is 9.76. The summed E-state index contributed by atoms with van der Waals surface area (Å²) >= 11 is 0. The Balaban J connectivity index is 1.63. The highest BCUT2D eigenvalue weighted by Gasteiger charge is 2.31. The monoisotopic (exact) mass is 494 g/mol. The molecule has 1 fully saturated rings. The van der Waals surface area contributed by atoms with Gasteiger partial charge in [-0.25, -0.2) is 17.5 Å². The van der Waals surface area contributed by atoms with Crippen molar-refractivity contribution < 1.29 is 35.5 Å². The number of carbonyl (C=O) groups excluding carboxylic acids is 1. The molecule has 1 heterocycles. The molecule has 0 saturated heterocycles. The van der Waals surface area contributed by atoms with E-state index in [0.29, 0.717) is 11.3 Å². The number of amides is 1. The smallest absolute Gasteiger partial charge is 0.300 e. The second-order valence-electron chi connectivity index (χ2n) is 8.16. The molecule has 0 atom stereocenters. The van der Waals surface area contributed by atoms with E-state index in [2.05, 4.69) is 0 Å². The van der Waals surface area contributed by atoms with Crippen LogP contribution in [-0.4, -0.2) is 35.5 Å². The number of halogens is 3. The molecule has 7 nitrogen and oxygen atoms in total. The Morgan fingerprint density at radius 3 is 2.47 bits per heavy atom. The van der Waals surface area contributed by atoms with Crippen LogP contribution in [0.4, 0.5) is 18.9 Å². The van der Waals surface area contributed by atoms with Crippen molar-refractivity contribution in [3.63, 3.8) is 0 Å². The van der Waals surface area contributed by atoms with Gasteiger partial charge in [0.05, 0.1) is 12.5 Å². The van der Waals surface area contributed by atoms with Crippen LogP contribution in [0.1, 0.15) is 34.9 Å². The number of allylic oxidation sites excluding steroid dienone is 1. The van der Waals surface area contributed by atoms with Gasteiger partial charge in [-0.2, -0.15) is 8.78 Å². The second-order valence-corrected chi connectivity index (χ2v) is 9.81. The third-order valence-corrected chi connectivity index (χ3v) is 7.09. The van der Waals surface area contributed by atoms with Crippen molar-refractivity contribution >= 4 is 32.6 Å². The largest absolute Gasteiger partial charge is 0.495 e. The summed E-state index contributed by atoms with van der Waals surface area (Å²) in [7, 11) is 0.247. The van der Waals surface area contributed by atoms with Crippen molar-refractivity contribution in [3.05, 3.63) is 65.2 Å². The quantitative estimate of drug-likeness (QED) is 0.530. The van der Waals surface area contributed by atoms with Crippen LogP contribution < -0.4 is 14.4 Å². The first-order chi connectivity index (χ1) is 16.0. The summed E-state index contributed by atoms with van der Waals surface area (Å²) in [5.74, 6) is -2.41. The Kier molecular flexibility index (Phi) is 6.07. The van der Waals surface area contributed by atoms with Crippen LogP contribution in [0.5, 0.6) is 5.75 Å². The molecule has 0 unspecified atom stereocenters. The first-order valence-corrected chi connectivity index (χ1v) is 11.7. The van der Waals surface area contributed by atoms with Crippen LogP contribution in [0, 0.1) is 5.82 Å². The van der Waals surface area contributed by atoms with Gasteiger partial charge in [0, 0.05) is 31.9 Å². The minimum Gasteiger partial charge on any atom is -0.495 e. The number of benzene rings is 2. The van der Waals surface area contributed by atoms with Gasteiger partial charge < -0.3 is 14.1 Å². The average Bonchev–Trinajstić information content (AvgIpc) is 3.17. The van der Waals surface area contributed by atoms with E-state index in [0.717, 1.165) is 6.07 Å². The van der Waals surface area contributed by atoms with E-state index in [1.165, 1.54) is 31.4 Å². The molecular weight excluding hydrogens is 473 g/mol. The number of carbonyl (C=O) groups is 1. The zero-order valence-electron chi connectivity index (χ0n) is 18.5. The van der Waals surface area contributed by atoms with Crippen LogP contribution >= 0.6 is 0 Å². The number of hydrogen-bond acceptors (Lipinski definition) is 6. The first kappa shape index (κ1) is 23.7. The summed E-state index contributed by atoms with van der Waals surface area (Å²) in [6.45, 7) is 0. The molecule has 1 saturated carbocycles. The van der Waals surface area contributed by atoms with Crippen molar-refractivity contribution in [2.45, 2.75) is 23.7 Å². The van der Waals surface area contributed by atoms with Gasteiger partial charge in [0.25, 0.3) is 16.1 Å². The first-order valence-electron chi connectivity index (χ1n) is 10.2. The maximum Gasteiger partial charge on any atom is 0.300 e. The number of ether oxygens (including phenoxy) is 1. The maximum absolute atomic E-state index is 14.4. The number of rotatable bonds is 6. The predicted octanol–water partition coefficient (Wildman–Crippen LogP) is 4.79. The Morgan fingerprint density at radius 1 is 1.15 bits per heavy atom. The fraction of sp³-hybridized carbons (Fsp3) is 0.261. The number of methoxy groups -OCH3 is 1. The molecule has 1 aliphatic rings. The Labute approximate surface area is 193 Å². The molecule has 3 aromatic rings. The van der Waals surface area contributed by atoms with E-state index in [1.54, 1.807) is 25.1 Å². The molecule has 2 aromatic carbocycles. The lowest BCUT2D eigenvalue weighted by Gasteiger charge is -2.29. The van der Waals surface area contributed by atoms with Gasteiger partial charge in [0.15, 0.2) is 5.76 Å². The summed E-state index contributed by atoms with van der Waals surface area (Å²) in [5, 5.41) is 0.0293. The van der Waals surface area contributed by atoms with Crippen LogP contribution in [0.3, 0.4) is 0 Å². The van der Waals surface area contributed by atoms with Gasteiger partial charge in [-0.15, -0.1) is 0 Å². The third-order valence-electron chi connectivity index (χ3n) is 5.74. The zero-order valence-corrected chi connectivity index (χ0v) is 19.3. The molecule has 1 aliphatic carbocycles. The molecule has 180 valence electrons. The van der Waals surface area contributed by atoms with Gasteiger partial charge in [-0.3, -0.25) is 4.79 Å². The van der Waals surface area contributed by atoms with Crippen LogP contribution in [0.15, 0.2) is 57.4 Å². The normalized spacial score (nSPS) is 15.7. The van der Waals surface area contributed by atoms with E-state index in [-0.39, 0.29) is 45.9 Å². The Hall–Kier alpha value is -3.47. The molecule has 0 aliphatic heterocycles. The molecular formula is C23H21F3N2O5S. The van der Waals surface area contributed by atoms with E-state index in [1.807, 2.05) is 4.72 Å². The van der Waals surface area contributed by atoms with Gasteiger partial charge in [0.2, 0.25) is 0 Å². The number of nitrogens with zero attached hydrogens (tertiary/aromatic N) is 1. The minimum atomic E-state index is -4.44. The van der Waals surface area contributed by atoms with Gasteiger partial charge in [-0.05, 0) is 48.1 Å². The van der Waals surface area contributed by atoms with Crippen LogP contribution in [-0.2, 0) is 10.0 Å². The second kappa shape index (κ2) is 8.71. The lowest BCUT2D eigenvalue weighted by Crippen LogP contribution is -2.30. The standard InChI is InChI=1S/C23H21F3N2O5S/c1-28(2)15-9-17(24)16-11-20(33-19(16)10-15)23(29)27-34(30,31)21-8-12(4-5-18(21)32-3)13-6-14(7-13)22(25)26/h4-5,8-11,13H,6-7H2,1-3H3,(H,27,29). The molecule has 1 aromatic heterocycles. The lowest BCUT2D eigenvalue weighted by molar-refractivity contribution is 0.0956. The van der Waals surface area contributed by atoms with E-state index in [9.17, 15) is 26.4 Å². The topological polar surface area (TPSA) is 88.8 Å². The average molecular weight is 494 g/mol. The van der Waals surface area contributed by atoms with Gasteiger partial charge in [0.1, 0.15) is 22.0 Å². The highest BCUT2D eigenvalue weighted by Crippen LogP contribution is 2.44. The number of sulfonamides is 1. The number of hydrogen-bond donors (Lipinski definition) is 1. The van der Waals surface area contributed by atoms with E-state index >= 15 is 0 Å². The molecule has 1 amide bonds. The fourth-order valence-electron chi connectivity index (χ4n) is 3.76. The zero-order chi connectivity index (χ0) is 24.8. The summed E-state index contributed by atoms with van der Waals surface area (Å²) < 4.78 is 78.3. The molecule has 1 N–H and O–H groups in total. The van der Waals surface area contributed by atoms with E-state index in [4.69, 9.17) is 9.15 Å². The fourth-order valence-corrected chi connectivity index (χ4v) is 4.92. The molecule has 0 bridgehead atoms. The highest BCUT2D eigenvalue weighted by atomic mass is 32.2. The van der Waals surface area contributed by atoms with Crippen molar-refractivity contribution in [3.8, 4) is 5.75 Å². The Bertz CT molecular complexity index is 1420. The number of fused-ring (bicyclic) bond motifs is 1. The van der Waals surface area contributed by atoms with Gasteiger partial charge >= 0.3 is 5.91 Å². The Morgan fingerprint density at radius 2 is 1.85 bits per heavy atom. The van der Waals surface area contributed by atoms with Crippen LogP contribution in [0.2, 0.25) is 0 Å². The molecule has 0 spiro atoms. The van der Waals surface area contributed by atoms with Crippen molar-refractivity contribution in [1.29, 1.82) is 0 Å². The highest BCUT2D eigenvalue weighted by molar-refractivity contribution is 7.90. The maximum atomic E-state index is 14.4. The summed E-state index contributed by atoms with van der Waals surface area (Å²) in [6, 6.07) is 8.22. The van der Waals surface area contributed by atoms with Crippen LogP contribution in [0.25, 0.3) is 11.0 Å². The predicted molar refractivity (Wildman–Crippen MR) is 119 cm³/mol. The van der Waals surface area contributed by atoms with Crippen molar-refractivity contribution in [2.75, 3.05) is 26.1 Å². The van der Waals surface area contributed by atoms with Crippen molar-refractivity contribution in [2.24, 2.45) is 0 Å². The van der Waals surface area contributed by atoms with Gasteiger partial charge in [-0.1, -0.05) is 6.07 Å².